The van der Waals surface area contributed by atoms with Gasteiger partial charge in [0.2, 0.25) is 5.91 Å². The minimum absolute atomic E-state index is 0.0728. The van der Waals surface area contributed by atoms with Crippen LogP contribution in [-0.2, 0) is 11.3 Å². The van der Waals surface area contributed by atoms with Crippen LogP contribution in [-0.4, -0.2) is 42.2 Å². The highest BCUT2D eigenvalue weighted by atomic mass is 32.2. The standard InChI is InChI=1S/C23H25N7O6S/c1-4-28-21(20(14(2)3)25-22(32)15-8-7-9-16(12-15)29(33)34)26-27-23(28)37-13-19(31)24-17-10-5-6-11-18(17)30(35)36/h5-12,14,20H,4,13H2,1-3H3,(H,24,31)(H,25,32)/t20-/m1/s1. The number of para-hydroxylation sites is 2. The van der Waals surface area contributed by atoms with Gasteiger partial charge < -0.3 is 15.2 Å². The molecule has 0 radical (unpaired) electrons. The fourth-order valence-corrected chi connectivity index (χ4v) is 4.31. The number of non-ortho nitro benzene ring substituents is 1. The van der Waals surface area contributed by atoms with E-state index in [2.05, 4.69) is 20.8 Å². The van der Waals surface area contributed by atoms with E-state index in [9.17, 15) is 29.8 Å². The number of nitrogens with zero attached hydrogens (tertiary/aromatic N) is 5. The molecule has 0 saturated heterocycles. The molecule has 0 aliphatic heterocycles. The van der Waals surface area contributed by atoms with Gasteiger partial charge in [-0.05, 0) is 25.0 Å². The van der Waals surface area contributed by atoms with Crippen molar-refractivity contribution in [2.75, 3.05) is 11.1 Å². The van der Waals surface area contributed by atoms with E-state index in [1.54, 1.807) is 10.6 Å². The molecule has 1 aromatic heterocycles. The van der Waals surface area contributed by atoms with Crippen molar-refractivity contribution >= 4 is 40.6 Å². The van der Waals surface area contributed by atoms with Crippen LogP contribution in [0.15, 0.2) is 53.7 Å². The van der Waals surface area contributed by atoms with Gasteiger partial charge in [-0.3, -0.25) is 29.8 Å². The quantitative estimate of drug-likeness (QED) is 0.212. The second-order valence-electron chi connectivity index (χ2n) is 8.20. The third kappa shape index (κ3) is 6.67. The topological polar surface area (TPSA) is 175 Å². The molecular formula is C23H25N7O6S. The van der Waals surface area contributed by atoms with Crippen LogP contribution in [0.4, 0.5) is 17.1 Å². The zero-order valence-electron chi connectivity index (χ0n) is 20.3. The van der Waals surface area contributed by atoms with Gasteiger partial charge in [0.25, 0.3) is 17.3 Å². The number of aromatic nitrogens is 3. The molecule has 1 atom stereocenters. The van der Waals surface area contributed by atoms with E-state index in [1.165, 1.54) is 42.5 Å². The highest BCUT2D eigenvalue weighted by Crippen LogP contribution is 2.27. The number of carbonyl (C=O) groups excluding carboxylic acids is 2. The summed E-state index contributed by atoms with van der Waals surface area (Å²) in [5.41, 5.74) is -0.162. The number of nitrogens with one attached hydrogen (secondary N) is 2. The fraction of sp³-hybridized carbons (Fsp3) is 0.304. The van der Waals surface area contributed by atoms with E-state index in [-0.39, 0.29) is 34.3 Å². The molecule has 194 valence electrons. The van der Waals surface area contributed by atoms with Crippen molar-refractivity contribution in [2.45, 2.75) is 38.5 Å². The second kappa shape index (κ2) is 12.1. The van der Waals surface area contributed by atoms with E-state index < -0.39 is 27.7 Å². The summed E-state index contributed by atoms with van der Waals surface area (Å²) in [6.07, 6.45) is 0. The van der Waals surface area contributed by atoms with E-state index in [0.29, 0.717) is 17.5 Å². The first-order valence-electron chi connectivity index (χ1n) is 11.3. The lowest BCUT2D eigenvalue weighted by Crippen LogP contribution is -2.33. The predicted octanol–water partition coefficient (Wildman–Crippen LogP) is 3.97. The molecule has 0 fully saturated rings. The first-order valence-corrected chi connectivity index (χ1v) is 12.2. The number of benzene rings is 2. The summed E-state index contributed by atoms with van der Waals surface area (Å²) in [4.78, 5) is 46.4. The van der Waals surface area contributed by atoms with Gasteiger partial charge in [0.15, 0.2) is 11.0 Å². The van der Waals surface area contributed by atoms with Crippen LogP contribution in [0.2, 0.25) is 0 Å². The van der Waals surface area contributed by atoms with Gasteiger partial charge in [-0.15, -0.1) is 10.2 Å². The Morgan fingerprint density at radius 1 is 1.05 bits per heavy atom. The van der Waals surface area contributed by atoms with Gasteiger partial charge in [-0.25, -0.2) is 0 Å². The number of carbonyl (C=O) groups is 2. The summed E-state index contributed by atoms with van der Waals surface area (Å²) >= 11 is 1.10. The van der Waals surface area contributed by atoms with E-state index in [4.69, 9.17) is 0 Å². The largest absolute Gasteiger partial charge is 0.342 e. The smallest absolute Gasteiger partial charge is 0.292 e. The summed E-state index contributed by atoms with van der Waals surface area (Å²) in [6.45, 7) is 6.09. The number of hydrogen-bond donors (Lipinski definition) is 2. The summed E-state index contributed by atoms with van der Waals surface area (Å²) in [7, 11) is 0. The number of thioether (sulfide) groups is 1. The molecule has 0 saturated carbocycles. The molecule has 0 bridgehead atoms. The number of amides is 2. The van der Waals surface area contributed by atoms with Crippen molar-refractivity contribution in [1.29, 1.82) is 0 Å². The second-order valence-corrected chi connectivity index (χ2v) is 9.14. The molecular weight excluding hydrogens is 502 g/mol. The molecule has 3 rings (SSSR count). The Morgan fingerprint density at radius 3 is 2.43 bits per heavy atom. The Kier molecular flexibility index (Phi) is 8.90. The molecule has 2 amide bonds. The minimum Gasteiger partial charge on any atom is -0.342 e. The number of nitro groups is 2. The summed E-state index contributed by atoms with van der Waals surface area (Å²) in [5.74, 6) is -0.650. The molecule has 3 aromatic rings. The highest BCUT2D eigenvalue weighted by Gasteiger charge is 2.27. The molecule has 0 unspecified atom stereocenters. The van der Waals surface area contributed by atoms with Gasteiger partial charge >= 0.3 is 0 Å². The first-order chi connectivity index (χ1) is 17.6. The normalized spacial score (nSPS) is 11.7. The molecule has 37 heavy (non-hydrogen) atoms. The lowest BCUT2D eigenvalue weighted by atomic mass is 10.0. The molecule has 0 aliphatic carbocycles. The third-order valence-corrected chi connectivity index (χ3v) is 6.29. The van der Waals surface area contributed by atoms with Crippen LogP contribution in [0.5, 0.6) is 0 Å². The van der Waals surface area contributed by atoms with Crippen molar-refractivity contribution in [3.8, 4) is 0 Å². The Labute approximate surface area is 216 Å². The Balaban J connectivity index is 1.74. The van der Waals surface area contributed by atoms with E-state index in [0.717, 1.165) is 11.8 Å². The lowest BCUT2D eigenvalue weighted by molar-refractivity contribution is -0.384. The highest BCUT2D eigenvalue weighted by molar-refractivity contribution is 7.99. The van der Waals surface area contributed by atoms with Crippen LogP contribution < -0.4 is 10.6 Å². The maximum Gasteiger partial charge on any atom is 0.292 e. The Bertz CT molecular complexity index is 1330. The number of rotatable bonds is 11. The van der Waals surface area contributed by atoms with Crippen LogP contribution in [0.25, 0.3) is 0 Å². The molecule has 0 spiro atoms. The number of nitro benzene ring substituents is 2. The number of hydrogen-bond acceptors (Lipinski definition) is 9. The lowest BCUT2D eigenvalue weighted by Gasteiger charge is -2.22. The molecule has 0 aliphatic rings. The van der Waals surface area contributed by atoms with Crippen molar-refractivity contribution in [2.24, 2.45) is 5.92 Å². The van der Waals surface area contributed by atoms with Crippen molar-refractivity contribution in [1.82, 2.24) is 20.1 Å². The van der Waals surface area contributed by atoms with Gasteiger partial charge in [-0.2, -0.15) is 0 Å². The maximum atomic E-state index is 12.9. The molecule has 2 N–H and O–H groups in total. The Hall–Kier alpha value is -4.33. The van der Waals surface area contributed by atoms with Gasteiger partial charge in [-0.1, -0.05) is 43.8 Å². The van der Waals surface area contributed by atoms with Crippen molar-refractivity contribution in [3.63, 3.8) is 0 Å². The van der Waals surface area contributed by atoms with Crippen LogP contribution in [0.3, 0.4) is 0 Å². The molecule has 2 aromatic carbocycles. The zero-order valence-corrected chi connectivity index (χ0v) is 21.1. The molecule has 13 nitrogen and oxygen atoms in total. The van der Waals surface area contributed by atoms with Gasteiger partial charge in [0, 0.05) is 30.3 Å². The summed E-state index contributed by atoms with van der Waals surface area (Å²) < 4.78 is 1.77. The zero-order chi connectivity index (χ0) is 27.1. The van der Waals surface area contributed by atoms with Gasteiger partial charge in [0.05, 0.1) is 21.6 Å². The average Bonchev–Trinajstić information content (AvgIpc) is 3.28. The van der Waals surface area contributed by atoms with Crippen LogP contribution >= 0.6 is 11.8 Å². The average molecular weight is 528 g/mol. The molecule has 14 heteroatoms. The Morgan fingerprint density at radius 2 is 1.78 bits per heavy atom. The summed E-state index contributed by atoms with van der Waals surface area (Å²) in [5, 5.41) is 36.5. The third-order valence-electron chi connectivity index (χ3n) is 5.32. The number of anilines is 1. The van der Waals surface area contributed by atoms with Gasteiger partial charge in [0.1, 0.15) is 5.69 Å². The minimum atomic E-state index is -0.573. The predicted molar refractivity (Wildman–Crippen MR) is 136 cm³/mol. The maximum absolute atomic E-state index is 12.9. The van der Waals surface area contributed by atoms with E-state index >= 15 is 0 Å². The van der Waals surface area contributed by atoms with Crippen molar-refractivity contribution in [3.05, 3.63) is 80.1 Å². The monoisotopic (exact) mass is 527 g/mol. The fourth-order valence-electron chi connectivity index (χ4n) is 3.50. The van der Waals surface area contributed by atoms with E-state index in [1.807, 2.05) is 20.8 Å². The van der Waals surface area contributed by atoms with Crippen LogP contribution in [0, 0.1) is 26.1 Å². The van der Waals surface area contributed by atoms with Crippen molar-refractivity contribution < 1.29 is 19.4 Å². The SMILES string of the molecule is CCn1c(SCC(=O)Nc2ccccc2[N+](=O)[O-])nnc1[C@H](NC(=O)c1cccc([N+](=O)[O-])c1)C(C)C. The summed E-state index contributed by atoms with van der Waals surface area (Å²) in [6, 6.07) is 10.7. The van der Waals surface area contributed by atoms with Crippen LogP contribution in [0.1, 0.15) is 43.0 Å². The first kappa shape index (κ1) is 27.3. The molecule has 1 heterocycles.